The van der Waals surface area contributed by atoms with Crippen LogP contribution in [0, 0.1) is 10.8 Å². The summed E-state index contributed by atoms with van der Waals surface area (Å²) in [5.41, 5.74) is 1.01. The standard InChI is InChI=1S/C26H28N2O5/c1-23(2)11-14(29)8-15(12-23)33-22(30)26-7-6-25(5,24(26,3)4)20-21(26)28-17-10-19-18(31-13-32-19)9-16(17)27-20/h8-10H,6-7,11-13H2,1-5H3. The lowest BCUT2D eigenvalue weighted by Gasteiger charge is -2.39. The third-order valence-electron chi connectivity index (χ3n) is 8.73. The van der Waals surface area contributed by atoms with E-state index >= 15 is 0 Å². The molecule has 2 atom stereocenters. The highest BCUT2D eigenvalue weighted by Crippen LogP contribution is 2.70. The molecule has 2 bridgehead atoms. The summed E-state index contributed by atoms with van der Waals surface area (Å²) in [6.07, 6.45) is 3.95. The van der Waals surface area contributed by atoms with Crippen LogP contribution in [0.5, 0.6) is 11.5 Å². The number of aromatic nitrogens is 2. The quantitative estimate of drug-likeness (QED) is 0.625. The molecule has 172 valence electrons. The van der Waals surface area contributed by atoms with Crippen molar-refractivity contribution in [2.75, 3.05) is 6.79 Å². The maximum Gasteiger partial charge on any atom is 0.323 e. The first-order valence-electron chi connectivity index (χ1n) is 11.5. The molecule has 3 aliphatic carbocycles. The van der Waals surface area contributed by atoms with Gasteiger partial charge in [-0.1, -0.05) is 34.6 Å². The number of hydrogen-bond acceptors (Lipinski definition) is 7. The first-order chi connectivity index (χ1) is 15.5. The van der Waals surface area contributed by atoms with E-state index in [-0.39, 0.29) is 29.4 Å². The predicted octanol–water partition coefficient (Wildman–Crippen LogP) is 4.50. The summed E-state index contributed by atoms with van der Waals surface area (Å²) in [6.45, 7) is 10.6. The minimum Gasteiger partial charge on any atom is -0.454 e. The topological polar surface area (TPSA) is 87.6 Å². The first kappa shape index (κ1) is 20.6. The normalized spacial score (nSPS) is 30.3. The van der Waals surface area contributed by atoms with E-state index in [0.717, 1.165) is 17.6 Å². The van der Waals surface area contributed by atoms with E-state index in [0.29, 0.717) is 47.7 Å². The van der Waals surface area contributed by atoms with E-state index in [4.69, 9.17) is 24.2 Å². The third kappa shape index (κ3) is 2.51. The number of ketones is 1. The first-order valence-corrected chi connectivity index (χ1v) is 11.5. The summed E-state index contributed by atoms with van der Waals surface area (Å²) >= 11 is 0. The lowest BCUT2D eigenvalue weighted by atomic mass is 9.64. The number of ether oxygens (including phenoxy) is 3. The van der Waals surface area contributed by atoms with Crippen molar-refractivity contribution in [1.29, 1.82) is 0 Å². The molecule has 1 aliphatic heterocycles. The summed E-state index contributed by atoms with van der Waals surface area (Å²) < 4.78 is 17.1. The van der Waals surface area contributed by atoms with Crippen molar-refractivity contribution in [2.24, 2.45) is 10.8 Å². The zero-order valence-electron chi connectivity index (χ0n) is 19.7. The van der Waals surface area contributed by atoms with E-state index in [1.54, 1.807) is 0 Å². The molecule has 0 N–H and O–H groups in total. The van der Waals surface area contributed by atoms with E-state index < -0.39 is 10.8 Å². The van der Waals surface area contributed by atoms with E-state index in [9.17, 15) is 9.59 Å². The number of allylic oxidation sites excluding steroid dienone is 2. The van der Waals surface area contributed by atoms with Crippen molar-refractivity contribution in [1.82, 2.24) is 9.97 Å². The highest BCUT2D eigenvalue weighted by molar-refractivity contribution is 5.94. The van der Waals surface area contributed by atoms with Crippen molar-refractivity contribution in [3.63, 3.8) is 0 Å². The van der Waals surface area contributed by atoms with Crippen LogP contribution in [0.3, 0.4) is 0 Å². The van der Waals surface area contributed by atoms with Crippen LogP contribution in [-0.2, 0) is 25.2 Å². The molecule has 2 aromatic rings. The molecule has 2 heterocycles. The van der Waals surface area contributed by atoms with Crippen LogP contribution in [0.2, 0.25) is 0 Å². The molecule has 0 amide bonds. The van der Waals surface area contributed by atoms with Gasteiger partial charge in [-0.25, -0.2) is 9.97 Å². The second kappa shape index (κ2) is 6.13. The van der Waals surface area contributed by atoms with Crippen LogP contribution in [0.15, 0.2) is 24.0 Å². The summed E-state index contributed by atoms with van der Waals surface area (Å²) in [5.74, 6) is 1.41. The Hall–Kier alpha value is -2.96. The summed E-state index contributed by atoms with van der Waals surface area (Å²) in [4.78, 5) is 36.2. The molecule has 1 fully saturated rings. The Bertz CT molecular complexity index is 1290. The molecule has 6 rings (SSSR count). The van der Waals surface area contributed by atoms with Gasteiger partial charge in [-0.3, -0.25) is 9.59 Å². The van der Waals surface area contributed by atoms with Gasteiger partial charge in [0.1, 0.15) is 11.2 Å². The monoisotopic (exact) mass is 448 g/mol. The van der Waals surface area contributed by atoms with Crippen molar-refractivity contribution >= 4 is 22.8 Å². The van der Waals surface area contributed by atoms with Gasteiger partial charge in [-0.15, -0.1) is 0 Å². The lowest BCUT2D eigenvalue weighted by Crippen LogP contribution is -2.47. The Balaban J connectivity index is 1.49. The van der Waals surface area contributed by atoms with Crippen LogP contribution in [-0.4, -0.2) is 28.5 Å². The second-order valence-corrected chi connectivity index (χ2v) is 11.5. The average molecular weight is 449 g/mol. The van der Waals surface area contributed by atoms with Crippen LogP contribution in [0.1, 0.15) is 71.7 Å². The molecule has 1 aromatic heterocycles. The zero-order valence-corrected chi connectivity index (χ0v) is 19.7. The maximum atomic E-state index is 14.0. The Morgan fingerprint density at radius 2 is 1.58 bits per heavy atom. The second-order valence-electron chi connectivity index (χ2n) is 11.5. The molecular weight excluding hydrogens is 420 g/mol. The molecule has 0 spiro atoms. The number of carbonyl (C=O) groups excluding carboxylic acids is 2. The molecule has 1 saturated carbocycles. The van der Waals surface area contributed by atoms with Crippen molar-refractivity contribution in [3.8, 4) is 11.5 Å². The summed E-state index contributed by atoms with van der Waals surface area (Å²) in [5, 5.41) is 0. The van der Waals surface area contributed by atoms with Gasteiger partial charge >= 0.3 is 5.97 Å². The van der Waals surface area contributed by atoms with Crippen LogP contribution < -0.4 is 9.47 Å². The predicted molar refractivity (Wildman–Crippen MR) is 120 cm³/mol. The highest BCUT2D eigenvalue weighted by Gasteiger charge is 2.74. The molecule has 33 heavy (non-hydrogen) atoms. The molecule has 0 radical (unpaired) electrons. The fraction of sp³-hybridized carbons (Fsp3) is 0.538. The Morgan fingerprint density at radius 3 is 2.21 bits per heavy atom. The number of rotatable bonds is 2. The van der Waals surface area contributed by atoms with Gasteiger partial charge in [0.25, 0.3) is 0 Å². The number of esters is 1. The Morgan fingerprint density at radius 1 is 0.939 bits per heavy atom. The van der Waals surface area contributed by atoms with Crippen LogP contribution >= 0.6 is 0 Å². The Labute approximate surface area is 192 Å². The van der Waals surface area contributed by atoms with Gasteiger partial charge < -0.3 is 14.2 Å². The number of benzene rings is 1. The van der Waals surface area contributed by atoms with Gasteiger partial charge in [0.05, 0.1) is 22.4 Å². The van der Waals surface area contributed by atoms with Crippen molar-refractivity contribution < 1.29 is 23.8 Å². The van der Waals surface area contributed by atoms with E-state index in [1.807, 2.05) is 26.0 Å². The van der Waals surface area contributed by atoms with Gasteiger partial charge in [0.15, 0.2) is 17.3 Å². The van der Waals surface area contributed by atoms with Crippen LogP contribution in [0.25, 0.3) is 11.0 Å². The SMILES string of the molecule is CC1(C)CC(=O)C=C(OC(=O)C23CCC(C)(c4nc5cc6c(cc5nc42)OCO6)C3(C)C)C1. The highest BCUT2D eigenvalue weighted by atomic mass is 16.7. The molecular formula is C26H28N2O5. The van der Waals surface area contributed by atoms with E-state index in [1.165, 1.54) is 6.08 Å². The number of fused-ring (bicyclic) bond motifs is 7. The Kier molecular flexibility index (Phi) is 3.83. The number of carbonyl (C=O) groups is 2. The minimum atomic E-state index is -0.930. The van der Waals surface area contributed by atoms with Crippen LogP contribution in [0.4, 0.5) is 0 Å². The number of nitrogens with zero attached hydrogens (tertiary/aromatic N) is 2. The van der Waals surface area contributed by atoms with E-state index in [2.05, 4.69) is 20.8 Å². The van der Waals surface area contributed by atoms with Crippen molar-refractivity contribution in [3.05, 3.63) is 35.4 Å². The van der Waals surface area contributed by atoms with Gasteiger partial charge in [0, 0.05) is 36.5 Å². The molecule has 2 unspecified atom stereocenters. The summed E-state index contributed by atoms with van der Waals surface area (Å²) in [6, 6.07) is 3.69. The zero-order chi connectivity index (χ0) is 23.4. The number of hydrogen-bond donors (Lipinski definition) is 0. The fourth-order valence-electron chi connectivity index (χ4n) is 6.50. The molecule has 4 aliphatic rings. The summed E-state index contributed by atoms with van der Waals surface area (Å²) in [7, 11) is 0. The van der Waals surface area contributed by atoms with Gasteiger partial charge in [-0.2, -0.15) is 0 Å². The smallest absolute Gasteiger partial charge is 0.323 e. The molecule has 7 nitrogen and oxygen atoms in total. The fourth-order valence-corrected chi connectivity index (χ4v) is 6.50. The minimum absolute atomic E-state index is 0.00393. The molecule has 7 heteroatoms. The van der Waals surface area contributed by atoms with Gasteiger partial charge in [0.2, 0.25) is 6.79 Å². The third-order valence-corrected chi connectivity index (χ3v) is 8.73. The molecule has 1 aromatic carbocycles. The average Bonchev–Trinajstić information content (AvgIpc) is 3.28. The van der Waals surface area contributed by atoms with Crippen molar-refractivity contribution in [2.45, 2.75) is 71.1 Å². The largest absolute Gasteiger partial charge is 0.454 e. The molecule has 0 saturated heterocycles. The lowest BCUT2D eigenvalue weighted by molar-refractivity contribution is -0.151. The maximum absolute atomic E-state index is 14.0. The van der Waals surface area contributed by atoms with Gasteiger partial charge in [-0.05, 0) is 23.7 Å².